The van der Waals surface area contributed by atoms with E-state index >= 15 is 0 Å². The smallest absolute Gasteiger partial charge is 0.298 e. The van der Waals surface area contributed by atoms with Crippen molar-refractivity contribution in [2.24, 2.45) is 0 Å². The number of aldehydes is 1. The summed E-state index contributed by atoms with van der Waals surface area (Å²) in [7, 11) is 0. The maximum absolute atomic E-state index is 12.9. The van der Waals surface area contributed by atoms with Gasteiger partial charge in [-0.3, -0.25) is 4.79 Å². The normalized spacial score (nSPS) is 11.6. The molecule has 0 spiro atoms. The molecule has 0 radical (unpaired) electrons. The van der Waals surface area contributed by atoms with Gasteiger partial charge in [-0.05, 0) is 19.1 Å². The van der Waals surface area contributed by atoms with Gasteiger partial charge in [0, 0.05) is 21.5 Å². The molecule has 0 aliphatic heterocycles. The first-order valence-corrected chi connectivity index (χ1v) is 6.86. The number of aromatic nitrogens is 1. The summed E-state index contributed by atoms with van der Waals surface area (Å²) in [5, 5.41) is 1.77. The average Bonchev–Trinajstić information content (AvgIpc) is 2.74. The summed E-state index contributed by atoms with van der Waals surface area (Å²) in [6, 6.07) is 3.52. The molecule has 1 aromatic carbocycles. The van der Waals surface area contributed by atoms with Crippen LogP contribution in [0.5, 0.6) is 0 Å². The lowest BCUT2D eigenvalue weighted by atomic mass is 10.1. The summed E-state index contributed by atoms with van der Waals surface area (Å²) < 4.78 is 39.3. The van der Waals surface area contributed by atoms with Crippen molar-refractivity contribution in [2.45, 2.75) is 22.3 Å². The lowest BCUT2D eigenvalue weighted by molar-refractivity contribution is -0.139. The quantitative estimate of drug-likeness (QED) is 0.785. The standard InChI is InChI=1S/C12H8F3NOS2/c1-7-6-18-11(16-7)19-10-3-2-8(5-17)4-9(10)12(13,14)15/h2-6H,1H3. The molecule has 0 saturated carbocycles. The van der Waals surface area contributed by atoms with Crippen LogP contribution in [-0.2, 0) is 6.18 Å². The zero-order valence-corrected chi connectivity index (χ0v) is 11.3. The van der Waals surface area contributed by atoms with Crippen molar-refractivity contribution in [1.29, 1.82) is 0 Å². The fourth-order valence-electron chi connectivity index (χ4n) is 1.40. The van der Waals surface area contributed by atoms with Crippen molar-refractivity contribution < 1.29 is 18.0 Å². The molecule has 0 amide bonds. The minimum atomic E-state index is -4.49. The Morgan fingerprint density at radius 3 is 2.63 bits per heavy atom. The van der Waals surface area contributed by atoms with Crippen LogP contribution >= 0.6 is 23.1 Å². The van der Waals surface area contributed by atoms with Gasteiger partial charge >= 0.3 is 6.18 Å². The van der Waals surface area contributed by atoms with Gasteiger partial charge in [0.05, 0.1) is 5.56 Å². The fourth-order valence-corrected chi connectivity index (χ4v) is 3.33. The SMILES string of the molecule is Cc1csc(Sc2ccc(C=O)cc2C(F)(F)F)n1. The van der Waals surface area contributed by atoms with E-state index in [9.17, 15) is 18.0 Å². The molecule has 0 bridgehead atoms. The van der Waals surface area contributed by atoms with Crippen LogP contribution in [0.2, 0.25) is 0 Å². The minimum absolute atomic E-state index is 0.00648. The van der Waals surface area contributed by atoms with Crippen LogP contribution in [-0.4, -0.2) is 11.3 Å². The maximum Gasteiger partial charge on any atom is 0.417 e. The third-order valence-corrected chi connectivity index (χ3v) is 4.37. The van der Waals surface area contributed by atoms with Crippen LogP contribution in [0.3, 0.4) is 0 Å². The van der Waals surface area contributed by atoms with Crippen molar-refractivity contribution in [3.8, 4) is 0 Å². The van der Waals surface area contributed by atoms with E-state index in [0.717, 1.165) is 23.5 Å². The number of alkyl halides is 3. The molecule has 0 aliphatic rings. The summed E-state index contributed by atoms with van der Waals surface area (Å²) in [6.45, 7) is 1.78. The van der Waals surface area contributed by atoms with Gasteiger partial charge in [-0.2, -0.15) is 13.2 Å². The Morgan fingerprint density at radius 1 is 1.37 bits per heavy atom. The second-order valence-electron chi connectivity index (χ2n) is 3.73. The van der Waals surface area contributed by atoms with E-state index < -0.39 is 11.7 Å². The van der Waals surface area contributed by atoms with E-state index in [1.165, 1.54) is 23.5 Å². The number of rotatable bonds is 3. The maximum atomic E-state index is 12.9. The lowest BCUT2D eigenvalue weighted by Crippen LogP contribution is -2.07. The molecule has 0 aliphatic carbocycles. The van der Waals surface area contributed by atoms with Gasteiger partial charge in [-0.25, -0.2) is 4.98 Å². The number of benzene rings is 1. The highest BCUT2D eigenvalue weighted by Gasteiger charge is 2.34. The molecule has 1 aromatic heterocycles. The van der Waals surface area contributed by atoms with Crippen molar-refractivity contribution in [3.05, 3.63) is 40.4 Å². The predicted octanol–water partition coefficient (Wildman–Crippen LogP) is 4.43. The van der Waals surface area contributed by atoms with E-state index in [4.69, 9.17) is 0 Å². The average molecular weight is 303 g/mol. The number of hydrogen-bond donors (Lipinski definition) is 0. The first-order valence-electron chi connectivity index (χ1n) is 5.16. The number of halogens is 3. The zero-order valence-electron chi connectivity index (χ0n) is 9.69. The van der Waals surface area contributed by atoms with Crippen molar-refractivity contribution in [2.75, 3.05) is 0 Å². The molecular weight excluding hydrogens is 295 g/mol. The van der Waals surface area contributed by atoms with E-state index in [1.54, 1.807) is 12.3 Å². The molecule has 0 N–H and O–H groups in total. The molecule has 0 saturated heterocycles. The Bertz CT molecular complexity index is 607. The van der Waals surface area contributed by atoms with Gasteiger partial charge in [0.1, 0.15) is 6.29 Å². The highest BCUT2D eigenvalue weighted by molar-refractivity contribution is 8.01. The molecule has 2 aromatic rings. The van der Waals surface area contributed by atoms with Gasteiger partial charge in [-0.15, -0.1) is 11.3 Å². The van der Waals surface area contributed by atoms with Crippen molar-refractivity contribution in [3.63, 3.8) is 0 Å². The third-order valence-electron chi connectivity index (χ3n) is 2.24. The van der Waals surface area contributed by atoms with Crippen LogP contribution in [0.25, 0.3) is 0 Å². The fraction of sp³-hybridized carbons (Fsp3) is 0.167. The lowest BCUT2D eigenvalue weighted by Gasteiger charge is -2.11. The first kappa shape index (κ1) is 14.1. The molecule has 100 valence electrons. The Balaban J connectivity index is 2.41. The monoisotopic (exact) mass is 303 g/mol. The first-order chi connectivity index (χ1) is 8.90. The Hall–Kier alpha value is -1.34. The number of thiazole rings is 1. The topological polar surface area (TPSA) is 30.0 Å². The number of carbonyl (C=O) groups is 1. The molecule has 2 nitrogen and oxygen atoms in total. The largest absolute Gasteiger partial charge is 0.417 e. The molecule has 2 rings (SSSR count). The van der Waals surface area contributed by atoms with Gasteiger partial charge in [0.2, 0.25) is 0 Å². The number of hydrogen-bond acceptors (Lipinski definition) is 4. The predicted molar refractivity (Wildman–Crippen MR) is 67.8 cm³/mol. The Morgan fingerprint density at radius 2 is 2.11 bits per heavy atom. The van der Waals surface area contributed by atoms with Crippen LogP contribution in [0.15, 0.2) is 32.8 Å². The third kappa shape index (κ3) is 3.36. The Labute approximate surface area is 115 Å². The van der Waals surface area contributed by atoms with Gasteiger partial charge in [0.15, 0.2) is 4.34 Å². The zero-order chi connectivity index (χ0) is 14.0. The molecule has 0 unspecified atom stereocenters. The second-order valence-corrected chi connectivity index (χ2v) is 5.88. The van der Waals surface area contributed by atoms with Crippen LogP contribution < -0.4 is 0 Å². The molecule has 19 heavy (non-hydrogen) atoms. The van der Waals surface area contributed by atoms with Crippen LogP contribution in [0.4, 0.5) is 13.2 Å². The second kappa shape index (κ2) is 5.34. The summed E-state index contributed by atoms with van der Waals surface area (Å²) in [4.78, 5) is 14.7. The molecule has 1 heterocycles. The number of carbonyl (C=O) groups excluding carboxylic acids is 1. The summed E-state index contributed by atoms with van der Waals surface area (Å²) >= 11 is 2.24. The van der Waals surface area contributed by atoms with E-state index in [2.05, 4.69) is 4.98 Å². The molecule has 0 fully saturated rings. The molecule has 7 heteroatoms. The summed E-state index contributed by atoms with van der Waals surface area (Å²) in [6.07, 6.45) is -4.09. The Kier molecular flexibility index (Phi) is 3.96. The number of aryl methyl sites for hydroxylation is 1. The molecular formula is C12H8F3NOS2. The summed E-state index contributed by atoms with van der Waals surface area (Å²) in [5.74, 6) is 0. The van der Waals surface area contributed by atoms with E-state index in [0.29, 0.717) is 10.6 Å². The van der Waals surface area contributed by atoms with E-state index in [1.807, 2.05) is 0 Å². The van der Waals surface area contributed by atoms with Gasteiger partial charge in [0.25, 0.3) is 0 Å². The highest BCUT2D eigenvalue weighted by Crippen LogP contribution is 2.40. The van der Waals surface area contributed by atoms with E-state index in [-0.39, 0.29) is 10.5 Å². The van der Waals surface area contributed by atoms with Gasteiger partial charge < -0.3 is 0 Å². The number of nitrogens with zero attached hydrogens (tertiary/aromatic N) is 1. The van der Waals surface area contributed by atoms with Crippen LogP contribution in [0.1, 0.15) is 21.6 Å². The van der Waals surface area contributed by atoms with Crippen molar-refractivity contribution >= 4 is 29.4 Å². The van der Waals surface area contributed by atoms with Crippen molar-refractivity contribution in [1.82, 2.24) is 4.98 Å². The summed E-state index contributed by atoms with van der Waals surface area (Å²) in [5.41, 5.74) is -0.0347. The highest BCUT2D eigenvalue weighted by atomic mass is 32.2. The van der Waals surface area contributed by atoms with Gasteiger partial charge in [-0.1, -0.05) is 17.8 Å². The molecule has 0 atom stereocenters. The minimum Gasteiger partial charge on any atom is -0.298 e. The van der Waals surface area contributed by atoms with Crippen LogP contribution in [0, 0.1) is 6.92 Å².